The Morgan fingerprint density at radius 3 is 2.04 bits per heavy atom. The monoisotopic (exact) mass is 341 g/mol. The zero-order chi connectivity index (χ0) is 18.9. The van der Waals surface area contributed by atoms with Crippen LogP contribution in [-0.4, -0.2) is 46.4 Å². The summed E-state index contributed by atoms with van der Waals surface area (Å²) in [5.41, 5.74) is -1.41. The molecule has 1 heterocycles. The lowest BCUT2D eigenvalue weighted by Gasteiger charge is -2.45. The van der Waals surface area contributed by atoms with E-state index in [1.165, 1.54) is 6.08 Å². The van der Waals surface area contributed by atoms with E-state index in [1.807, 2.05) is 0 Å². The highest BCUT2D eigenvalue weighted by molar-refractivity contribution is 6.00. The van der Waals surface area contributed by atoms with Gasteiger partial charge in [-0.05, 0) is 48.5 Å². The third-order valence-electron chi connectivity index (χ3n) is 3.20. The number of rotatable bonds is 3. The first-order chi connectivity index (χ1) is 10.8. The molecule has 0 spiro atoms. The molecule has 0 N–H and O–H groups in total. The summed E-state index contributed by atoms with van der Waals surface area (Å²) in [5.74, 6) is -1.16. The van der Waals surface area contributed by atoms with Gasteiger partial charge in [0.2, 0.25) is 5.91 Å². The number of likely N-dealkylation sites (tertiary alicyclic amines) is 1. The minimum Gasteiger partial charge on any atom is -0.443 e. The van der Waals surface area contributed by atoms with Gasteiger partial charge in [-0.2, -0.15) is 0 Å². The van der Waals surface area contributed by atoms with Crippen molar-refractivity contribution >= 4 is 18.2 Å². The molecule has 0 aromatic rings. The molecule has 0 saturated carbocycles. The zero-order valence-corrected chi connectivity index (χ0v) is 15.4. The second-order valence-electron chi connectivity index (χ2n) is 7.73. The molecular formula is C17H27NO6. The predicted molar refractivity (Wildman–Crippen MR) is 87.3 cm³/mol. The summed E-state index contributed by atoms with van der Waals surface area (Å²) in [6, 6.07) is -0.593. The lowest BCUT2D eigenvalue weighted by atomic mass is 9.83. The summed E-state index contributed by atoms with van der Waals surface area (Å²) in [6.07, 6.45) is -0.890. The van der Waals surface area contributed by atoms with E-state index in [2.05, 4.69) is 6.58 Å². The lowest BCUT2D eigenvalue weighted by Crippen LogP contribution is -2.66. The first-order valence-electron chi connectivity index (χ1n) is 7.85. The van der Waals surface area contributed by atoms with Crippen molar-refractivity contribution in [2.75, 3.05) is 0 Å². The van der Waals surface area contributed by atoms with Crippen LogP contribution in [0.25, 0.3) is 0 Å². The van der Waals surface area contributed by atoms with Crippen LogP contribution in [0.2, 0.25) is 0 Å². The molecule has 0 unspecified atom stereocenters. The second-order valence-corrected chi connectivity index (χ2v) is 7.73. The van der Waals surface area contributed by atoms with Gasteiger partial charge in [0.05, 0.1) is 6.04 Å². The van der Waals surface area contributed by atoms with Crippen molar-refractivity contribution < 1.29 is 28.6 Å². The summed E-state index contributed by atoms with van der Waals surface area (Å²) in [4.78, 5) is 37.1. The van der Waals surface area contributed by atoms with Crippen molar-refractivity contribution in [3.63, 3.8) is 0 Å². The number of carbonyl (C=O) groups is 3. The van der Waals surface area contributed by atoms with Gasteiger partial charge in [-0.1, -0.05) is 6.08 Å². The van der Waals surface area contributed by atoms with Gasteiger partial charge in [0.15, 0.2) is 0 Å². The molecule has 7 nitrogen and oxygen atoms in total. The normalized spacial score (nSPS) is 22.3. The summed E-state index contributed by atoms with van der Waals surface area (Å²) in [7, 11) is 0. The van der Waals surface area contributed by atoms with E-state index in [-0.39, 0.29) is 0 Å². The molecule has 0 aromatic heterocycles. The van der Waals surface area contributed by atoms with Crippen LogP contribution in [0.4, 0.5) is 9.59 Å². The lowest BCUT2D eigenvalue weighted by molar-refractivity contribution is -0.158. The van der Waals surface area contributed by atoms with E-state index in [0.29, 0.717) is 0 Å². The molecule has 2 amide bonds. The largest absolute Gasteiger partial charge is 0.509 e. The minimum absolute atomic E-state index is 0.467. The highest BCUT2D eigenvalue weighted by Gasteiger charge is 2.54. The maximum absolute atomic E-state index is 12.3. The number of β-lactam (4-membered cyclic amide) rings is 1. The Morgan fingerprint density at radius 1 is 1.12 bits per heavy atom. The molecule has 1 rings (SSSR count). The van der Waals surface area contributed by atoms with Crippen LogP contribution in [0, 0.1) is 5.92 Å². The number of hydrogen-bond acceptors (Lipinski definition) is 6. The van der Waals surface area contributed by atoms with Crippen molar-refractivity contribution in [3.05, 3.63) is 12.7 Å². The topological polar surface area (TPSA) is 82.1 Å². The van der Waals surface area contributed by atoms with Crippen LogP contribution in [0.1, 0.15) is 48.5 Å². The van der Waals surface area contributed by atoms with Crippen LogP contribution < -0.4 is 0 Å². The Labute approximate surface area is 142 Å². The first kappa shape index (κ1) is 20.0. The van der Waals surface area contributed by atoms with Crippen molar-refractivity contribution in [1.82, 2.24) is 4.90 Å². The number of nitrogens with zero attached hydrogens (tertiary/aromatic N) is 1. The van der Waals surface area contributed by atoms with Gasteiger partial charge in [-0.3, -0.25) is 4.79 Å². The van der Waals surface area contributed by atoms with Gasteiger partial charge in [0.25, 0.3) is 0 Å². The molecule has 136 valence electrons. The average molecular weight is 341 g/mol. The summed E-state index contributed by atoms with van der Waals surface area (Å²) in [6.45, 7) is 15.5. The van der Waals surface area contributed by atoms with Crippen molar-refractivity contribution in [2.24, 2.45) is 5.92 Å². The van der Waals surface area contributed by atoms with Gasteiger partial charge >= 0.3 is 12.2 Å². The van der Waals surface area contributed by atoms with Crippen LogP contribution in [0.15, 0.2) is 12.7 Å². The fourth-order valence-electron chi connectivity index (χ4n) is 2.28. The number of hydrogen-bond donors (Lipinski definition) is 0. The Balaban J connectivity index is 2.74. The van der Waals surface area contributed by atoms with Gasteiger partial charge in [-0.15, -0.1) is 6.58 Å². The number of ether oxygens (including phenoxy) is 3. The van der Waals surface area contributed by atoms with Crippen LogP contribution in [0.3, 0.4) is 0 Å². The minimum atomic E-state index is -0.860. The molecule has 0 aliphatic carbocycles. The molecule has 1 saturated heterocycles. The zero-order valence-electron chi connectivity index (χ0n) is 15.4. The predicted octanol–water partition coefficient (Wildman–Crippen LogP) is 3.27. The maximum atomic E-state index is 12.3. The van der Waals surface area contributed by atoms with Crippen molar-refractivity contribution in [3.8, 4) is 0 Å². The van der Waals surface area contributed by atoms with E-state index in [9.17, 15) is 14.4 Å². The average Bonchev–Trinajstić information content (AvgIpc) is 2.30. The molecule has 1 aliphatic rings. The van der Waals surface area contributed by atoms with E-state index in [4.69, 9.17) is 14.2 Å². The molecule has 1 fully saturated rings. The molecule has 7 heteroatoms. The highest BCUT2D eigenvalue weighted by atomic mass is 16.7. The fourth-order valence-corrected chi connectivity index (χ4v) is 2.28. The number of imide groups is 1. The fraction of sp³-hybridized carbons (Fsp3) is 0.706. The standard InChI is InChI=1S/C17H27NO6/c1-9-11-12(10(2)22-15(21)24-17(6,7)8)13(19)18(11)14(20)23-16(3,4)5/h9-12H,1H2,2-8H3/t10-,11-,12-/m1/s1. The molecule has 1 aliphatic heterocycles. The van der Waals surface area contributed by atoms with Crippen LogP contribution in [0.5, 0.6) is 0 Å². The summed E-state index contributed by atoms with van der Waals surface area (Å²) < 4.78 is 15.4. The molecule has 0 radical (unpaired) electrons. The number of amides is 2. The van der Waals surface area contributed by atoms with Gasteiger partial charge < -0.3 is 14.2 Å². The number of carbonyl (C=O) groups excluding carboxylic acids is 3. The van der Waals surface area contributed by atoms with E-state index in [0.717, 1.165) is 4.90 Å². The van der Waals surface area contributed by atoms with Crippen molar-refractivity contribution in [2.45, 2.75) is 71.8 Å². The third-order valence-corrected chi connectivity index (χ3v) is 3.20. The van der Waals surface area contributed by atoms with Crippen molar-refractivity contribution in [1.29, 1.82) is 0 Å². The van der Waals surface area contributed by atoms with E-state index < -0.39 is 47.4 Å². The van der Waals surface area contributed by atoms with Gasteiger partial charge in [0, 0.05) is 0 Å². The first-order valence-corrected chi connectivity index (χ1v) is 7.85. The SMILES string of the molecule is C=C[C@@H]1[C@@H]([C@@H](C)OC(=O)OC(C)(C)C)C(=O)N1C(=O)OC(C)(C)C. The summed E-state index contributed by atoms with van der Waals surface area (Å²) >= 11 is 0. The van der Waals surface area contributed by atoms with Crippen LogP contribution in [-0.2, 0) is 19.0 Å². The summed E-state index contributed by atoms with van der Waals surface area (Å²) in [5, 5.41) is 0. The Hall–Kier alpha value is -2.05. The Morgan fingerprint density at radius 2 is 1.62 bits per heavy atom. The van der Waals surface area contributed by atoms with E-state index >= 15 is 0 Å². The molecule has 0 bridgehead atoms. The molecular weight excluding hydrogens is 314 g/mol. The quantitative estimate of drug-likeness (QED) is 0.445. The van der Waals surface area contributed by atoms with Gasteiger partial charge in [-0.25, -0.2) is 14.5 Å². The molecule has 24 heavy (non-hydrogen) atoms. The second kappa shape index (κ2) is 6.83. The smallest absolute Gasteiger partial charge is 0.443 e. The van der Waals surface area contributed by atoms with Gasteiger partial charge in [0.1, 0.15) is 23.2 Å². The molecule has 3 atom stereocenters. The Kier molecular flexibility index (Phi) is 5.69. The molecule has 0 aromatic carbocycles. The Bertz CT molecular complexity index is 528. The third kappa shape index (κ3) is 4.97. The maximum Gasteiger partial charge on any atom is 0.509 e. The van der Waals surface area contributed by atoms with Crippen LogP contribution >= 0.6 is 0 Å². The van der Waals surface area contributed by atoms with E-state index in [1.54, 1.807) is 48.5 Å². The highest BCUT2D eigenvalue weighted by Crippen LogP contribution is 2.33.